The number of nitrogens with one attached hydrogen (secondary N) is 1. The predicted molar refractivity (Wildman–Crippen MR) is 61.2 cm³/mol. The molecular formula is C12H16N2O2. The van der Waals surface area contributed by atoms with Crippen LogP contribution in [0.2, 0.25) is 0 Å². The topological polar surface area (TPSA) is 64.3 Å². The van der Waals surface area contributed by atoms with Gasteiger partial charge in [-0.05, 0) is 24.6 Å². The average molecular weight is 220 g/mol. The maximum atomic E-state index is 11.7. The Labute approximate surface area is 94.8 Å². The molecule has 0 aromatic heterocycles. The van der Waals surface area contributed by atoms with E-state index in [0.717, 1.165) is 17.7 Å². The van der Waals surface area contributed by atoms with Gasteiger partial charge in [0.2, 0.25) is 0 Å². The Balaban J connectivity index is 1.88. The van der Waals surface area contributed by atoms with Gasteiger partial charge in [0.05, 0.1) is 0 Å². The van der Waals surface area contributed by atoms with Crippen molar-refractivity contribution in [1.82, 2.24) is 5.32 Å². The first-order chi connectivity index (χ1) is 7.81. The Kier molecular flexibility index (Phi) is 3.41. The lowest BCUT2D eigenvalue weighted by Crippen LogP contribution is -2.38. The van der Waals surface area contributed by atoms with Crippen LogP contribution < -0.4 is 15.8 Å². The monoisotopic (exact) mass is 220 g/mol. The molecule has 1 aliphatic heterocycles. The molecule has 4 heteroatoms. The van der Waals surface area contributed by atoms with Crippen molar-refractivity contribution < 1.29 is 9.53 Å². The summed E-state index contributed by atoms with van der Waals surface area (Å²) in [5, 5.41) is 2.82. The molecule has 1 unspecified atom stereocenters. The minimum atomic E-state index is -0.379. The number of carbonyl (C=O) groups excluding carboxylic acids is 1. The smallest absolute Gasteiger partial charge is 0.261 e. The Morgan fingerprint density at radius 2 is 2.31 bits per heavy atom. The number of benzene rings is 1. The first kappa shape index (κ1) is 11.0. The highest BCUT2D eigenvalue weighted by atomic mass is 16.5. The van der Waals surface area contributed by atoms with E-state index in [4.69, 9.17) is 10.5 Å². The van der Waals surface area contributed by atoms with Crippen LogP contribution in [0.15, 0.2) is 24.3 Å². The fraction of sp³-hybridized carbons (Fsp3) is 0.417. The molecule has 4 nitrogen and oxygen atoms in total. The highest BCUT2D eigenvalue weighted by Gasteiger charge is 2.28. The third-order valence-corrected chi connectivity index (χ3v) is 2.62. The van der Waals surface area contributed by atoms with Crippen LogP contribution in [0.3, 0.4) is 0 Å². The fourth-order valence-electron chi connectivity index (χ4n) is 1.76. The third kappa shape index (κ3) is 2.33. The van der Waals surface area contributed by atoms with E-state index < -0.39 is 0 Å². The van der Waals surface area contributed by atoms with Gasteiger partial charge in [0.25, 0.3) is 5.91 Å². The summed E-state index contributed by atoms with van der Waals surface area (Å²) in [6, 6.07) is 7.75. The van der Waals surface area contributed by atoms with Crippen molar-refractivity contribution >= 4 is 5.91 Å². The fourth-order valence-corrected chi connectivity index (χ4v) is 1.76. The Hall–Kier alpha value is -1.55. The van der Waals surface area contributed by atoms with Crippen molar-refractivity contribution in [3.8, 4) is 5.75 Å². The molecule has 1 atom stereocenters. The number of hydrogen-bond donors (Lipinski definition) is 2. The van der Waals surface area contributed by atoms with E-state index in [1.54, 1.807) is 0 Å². The van der Waals surface area contributed by atoms with Crippen molar-refractivity contribution in [2.24, 2.45) is 5.73 Å². The number of ether oxygens (including phenoxy) is 1. The van der Waals surface area contributed by atoms with Crippen LogP contribution in [0, 0.1) is 0 Å². The summed E-state index contributed by atoms with van der Waals surface area (Å²) in [6.45, 7) is 1.21. The maximum Gasteiger partial charge on any atom is 0.261 e. The summed E-state index contributed by atoms with van der Waals surface area (Å²) in [4.78, 5) is 11.7. The lowest BCUT2D eigenvalue weighted by Gasteiger charge is -2.10. The molecule has 1 heterocycles. The second-order valence-corrected chi connectivity index (χ2v) is 3.85. The first-order valence-corrected chi connectivity index (χ1v) is 5.53. The van der Waals surface area contributed by atoms with E-state index in [9.17, 15) is 4.79 Å². The summed E-state index contributed by atoms with van der Waals surface area (Å²) < 4.78 is 5.56. The van der Waals surface area contributed by atoms with Gasteiger partial charge >= 0.3 is 0 Å². The zero-order chi connectivity index (χ0) is 11.4. The first-order valence-electron chi connectivity index (χ1n) is 5.53. The average Bonchev–Trinajstić information content (AvgIpc) is 2.73. The highest BCUT2D eigenvalue weighted by Crippen LogP contribution is 2.27. The number of amides is 1. The van der Waals surface area contributed by atoms with Crippen molar-refractivity contribution in [3.05, 3.63) is 29.8 Å². The van der Waals surface area contributed by atoms with E-state index in [1.165, 1.54) is 0 Å². The summed E-state index contributed by atoms with van der Waals surface area (Å²) in [6.07, 6.45) is 1.07. The summed E-state index contributed by atoms with van der Waals surface area (Å²) >= 11 is 0. The molecule has 0 bridgehead atoms. The van der Waals surface area contributed by atoms with Crippen LogP contribution >= 0.6 is 0 Å². The molecule has 86 valence electrons. The van der Waals surface area contributed by atoms with Crippen molar-refractivity contribution in [2.45, 2.75) is 18.9 Å². The number of fused-ring (bicyclic) bond motifs is 1. The van der Waals surface area contributed by atoms with E-state index in [1.807, 2.05) is 24.3 Å². The molecule has 1 amide bonds. The van der Waals surface area contributed by atoms with Crippen LogP contribution in [0.25, 0.3) is 0 Å². The van der Waals surface area contributed by atoms with Crippen LogP contribution in [-0.2, 0) is 11.2 Å². The number of nitrogens with two attached hydrogens (primary N) is 1. The molecule has 0 saturated carbocycles. The van der Waals surface area contributed by atoms with Crippen LogP contribution in [0.1, 0.15) is 12.0 Å². The standard InChI is InChI=1S/C12H16N2O2/c13-6-3-7-14-12(15)11-8-9-4-1-2-5-10(9)16-11/h1-2,4-5,11H,3,6-8,13H2,(H,14,15). The zero-order valence-electron chi connectivity index (χ0n) is 9.11. The van der Waals surface area contributed by atoms with Crippen LogP contribution in [0.5, 0.6) is 5.75 Å². The van der Waals surface area contributed by atoms with Gasteiger partial charge in [0.1, 0.15) is 5.75 Å². The molecule has 3 N–H and O–H groups in total. The van der Waals surface area contributed by atoms with Crippen molar-refractivity contribution in [2.75, 3.05) is 13.1 Å². The lowest BCUT2D eigenvalue weighted by atomic mass is 10.1. The molecular weight excluding hydrogens is 204 g/mol. The van der Waals surface area contributed by atoms with Crippen molar-refractivity contribution in [3.63, 3.8) is 0 Å². The Morgan fingerprint density at radius 1 is 1.50 bits per heavy atom. The molecule has 1 aliphatic rings. The Bertz CT molecular complexity index is 354. The number of para-hydroxylation sites is 1. The second kappa shape index (κ2) is 4.99. The predicted octanol–water partition coefficient (Wildman–Crippen LogP) is 0.455. The van der Waals surface area contributed by atoms with Gasteiger partial charge in [-0.25, -0.2) is 0 Å². The van der Waals surface area contributed by atoms with Gasteiger partial charge in [0, 0.05) is 13.0 Å². The third-order valence-electron chi connectivity index (χ3n) is 2.62. The molecule has 0 aliphatic carbocycles. The zero-order valence-corrected chi connectivity index (χ0v) is 9.11. The van der Waals surface area contributed by atoms with Crippen LogP contribution in [0.4, 0.5) is 0 Å². The molecule has 0 spiro atoms. The number of rotatable bonds is 4. The molecule has 0 saturated heterocycles. The van der Waals surface area contributed by atoms with Gasteiger partial charge in [-0.2, -0.15) is 0 Å². The van der Waals surface area contributed by atoms with Gasteiger partial charge in [-0.15, -0.1) is 0 Å². The maximum absolute atomic E-state index is 11.7. The minimum Gasteiger partial charge on any atom is -0.480 e. The summed E-state index contributed by atoms with van der Waals surface area (Å²) in [7, 11) is 0. The van der Waals surface area contributed by atoms with Gasteiger partial charge < -0.3 is 15.8 Å². The lowest BCUT2D eigenvalue weighted by molar-refractivity contribution is -0.127. The van der Waals surface area contributed by atoms with Gasteiger partial charge in [-0.3, -0.25) is 4.79 Å². The number of hydrogen-bond acceptors (Lipinski definition) is 3. The molecule has 0 fully saturated rings. The SMILES string of the molecule is NCCCNC(=O)C1Cc2ccccc2O1. The summed E-state index contributed by atoms with van der Waals surface area (Å²) in [5.41, 5.74) is 6.45. The molecule has 0 radical (unpaired) electrons. The quantitative estimate of drug-likeness (QED) is 0.724. The molecule has 1 aromatic rings. The molecule has 1 aromatic carbocycles. The van der Waals surface area contributed by atoms with Crippen molar-refractivity contribution in [1.29, 1.82) is 0 Å². The molecule has 2 rings (SSSR count). The Morgan fingerprint density at radius 3 is 3.06 bits per heavy atom. The van der Waals surface area contributed by atoms with Gasteiger partial charge in [0.15, 0.2) is 6.10 Å². The van der Waals surface area contributed by atoms with E-state index in [2.05, 4.69) is 5.32 Å². The van der Waals surface area contributed by atoms with E-state index >= 15 is 0 Å². The molecule has 16 heavy (non-hydrogen) atoms. The minimum absolute atomic E-state index is 0.0512. The number of carbonyl (C=O) groups is 1. The normalized spacial score (nSPS) is 17.7. The second-order valence-electron chi connectivity index (χ2n) is 3.85. The van der Waals surface area contributed by atoms with Crippen LogP contribution in [-0.4, -0.2) is 25.1 Å². The summed E-state index contributed by atoms with van der Waals surface area (Å²) in [5.74, 6) is 0.770. The highest BCUT2D eigenvalue weighted by molar-refractivity contribution is 5.82. The van der Waals surface area contributed by atoms with Gasteiger partial charge in [-0.1, -0.05) is 18.2 Å². The van der Waals surface area contributed by atoms with E-state index in [-0.39, 0.29) is 12.0 Å². The van der Waals surface area contributed by atoms with E-state index in [0.29, 0.717) is 19.5 Å². The largest absolute Gasteiger partial charge is 0.480 e.